The highest BCUT2D eigenvalue weighted by atomic mass is 19.4. The van der Waals surface area contributed by atoms with Crippen LogP contribution in [0.3, 0.4) is 0 Å². The van der Waals surface area contributed by atoms with Crippen molar-refractivity contribution in [1.82, 2.24) is 5.32 Å². The molecule has 0 radical (unpaired) electrons. The fourth-order valence-corrected chi connectivity index (χ4v) is 2.51. The SMILES string of the molecule is CC1(C)NCCC1c1ccc(C(F)(F)F)cc1. The van der Waals surface area contributed by atoms with Gasteiger partial charge in [-0.25, -0.2) is 0 Å². The van der Waals surface area contributed by atoms with Gasteiger partial charge in [0.2, 0.25) is 0 Å². The second kappa shape index (κ2) is 4.02. The van der Waals surface area contributed by atoms with E-state index in [0.717, 1.165) is 18.5 Å². The standard InChI is InChI=1S/C13H16F3N/c1-12(2)11(7-8-17-12)9-3-5-10(6-4-9)13(14,15)16/h3-6,11,17H,7-8H2,1-2H3. The highest BCUT2D eigenvalue weighted by Gasteiger charge is 2.36. The third kappa shape index (κ3) is 2.46. The van der Waals surface area contributed by atoms with E-state index < -0.39 is 11.7 Å². The van der Waals surface area contributed by atoms with E-state index in [2.05, 4.69) is 19.2 Å². The molecule has 1 aliphatic rings. The van der Waals surface area contributed by atoms with Crippen molar-refractivity contribution in [3.8, 4) is 0 Å². The molecule has 0 aliphatic carbocycles. The first-order valence-corrected chi connectivity index (χ1v) is 5.73. The quantitative estimate of drug-likeness (QED) is 0.795. The van der Waals surface area contributed by atoms with Crippen molar-refractivity contribution in [3.63, 3.8) is 0 Å². The van der Waals surface area contributed by atoms with Crippen LogP contribution in [0.15, 0.2) is 24.3 Å². The summed E-state index contributed by atoms with van der Waals surface area (Å²) in [4.78, 5) is 0. The van der Waals surface area contributed by atoms with Crippen LogP contribution in [-0.2, 0) is 6.18 Å². The van der Waals surface area contributed by atoms with Crippen molar-refractivity contribution in [2.75, 3.05) is 6.54 Å². The first-order chi connectivity index (χ1) is 7.81. The smallest absolute Gasteiger partial charge is 0.311 e. The first kappa shape index (κ1) is 12.4. The minimum atomic E-state index is -4.25. The highest BCUT2D eigenvalue weighted by molar-refractivity contribution is 5.30. The van der Waals surface area contributed by atoms with Gasteiger partial charge in [-0.05, 0) is 44.5 Å². The van der Waals surface area contributed by atoms with E-state index >= 15 is 0 Å². The van der Waals surface area contributed by atoms with Crippen LogP contribution < -0.4 is 5.32 Å². The molecule has 1 heterocycles. The minimum absolute atomic E-state index is 0.0419. The van der Waals surface area contributed by atoms with Crippen LogP contribution in [0, 0.1) is 0 Å². The Labute approximate surface area is 99.0 Å². The summed E-state index contributed by atoms with van der Waals surface area (Å²) in [5.41, 5.74) is 0.359. The summed E-state index contributed by atoms with van der Waals surface area (Å²) in [6.45, 7) is 5.09. The van der Waals surface area contributed by atoms with E-state index in [1.807, 2.05) is 0 Å². The van der Waals surface area contributed by atoms with Gasteiger partial charge in [-0.2, -0.15) is 13.2 Å². The summed E-state index contributed by atoms with van der Waals surface area (Å²) >= 11 is 0. The molecule has 1 atom stereocenters. The van der Waals surface area contributed by atoms with Gasteiger partial charge in [0.15, 0.2) is 0 Å². The molecular formula is C13H16F3N. The third-order valence-corrected chi connectivity index (χ3v) is 3.53. The number of hydrogen-bond acceptors (Lipinski definition) is 1. The molecule has 1 aliphatic heterocycles. The number of benzene rings is 1. The molecule has 17 heavy (non-hydrogen) atoms. The molecule has 1 N–H and O–H groups in total. The van der Waals surface area contributed by atoms with E-state index in [1.54, 1.807) is 12.1 Å². The molecule has 1 unspecified atom stereocenters. The molecule has 1 saturated heterocycles. The lowest BCUT2D eigenvalue weighted by atomic mass is 9.83. The molecule has 1 fully saturated rings. The van der Waals surface area contributed by atoms with Gasteiger partial charge >= 0.3 is 6.18 Å². The van der Waals surface area contributed by atoms with Crippen molar-refractivity contribution in [1.29, 1.82) is 0 Å². The topological polar surface area (TPSA) is 12.0 Å². The summed E-state index contributed by atoms with van der Waals surface area (Å²) in [5.74, 6) is 0.282. The Morgan fingerprint density at radius 3 is 2.18 bits per heavy atom. The van der Waals surface area contributed by atoms with E-state index in [4.69, 9.17) is 0 Å². The molecule has 1 aromatic rings. The summed E-state index contributed by atoms with van der Waals surface area (Å²) in [6.07, 6.45) is -3.28. The second-order valence-electron chi connectivity index (χ2n) is 5.11. The average Bonchev–Trinajstić information content (AvgIpc) is 2.57. The number of alkyl halides is 3. The Bertz CT molecular complexity index is 392. The Kier molecular flexibility index (Phi) is 2.94. The maximum atomic E-state index is 12.4. The maximum absolute atomic E-state index is 12.4. The van der Waals surface area contributed by atoms with Crippen LogP contribution in [0.1, 0.15) is 37.3 Å². The zero-order valence-corrected chi connectivity index (χ0v) is 9.93. The fourth-order valence-electron chi connectivity index (χ4n) is 2.51. The van der Waals surface area contributed by atoms with Gasteiger partial charge in [-0.3, -0.25) is 0 Å². The van der Waals surface area contributed by atoms with Crippen LogP contribution in [0.5, 0.6) is 0 Å². The van der Waals surface area contributed by atoms with Crippen LogP contribution in [0.2, 0.25) is 0 Å². The molecule has 2 rings (SSSR count). The van der Waals surface area contributed by atoms with Crippen LogP contribution in [0.4, 0.5) is 13.2 Å². The Morgan fingerprint density at radius 2 is 1.76 bits per heavy atom. The largest absolute Gasteiger partial charge is 0.416 e. The molecule has 94 valence electrons. The molecule has 0 bridgehead atoms. The Morgan fingerprint density at radius 1 is 1.18 bits per heavy atom. The van der Waals surface area contributed by atoms with Crippen molar-refractivity contribution in [2.45, 2.75) is 37.9 Å². The van der Waals surface area contributed by atoms with Crippen molar-refractivity contribution >= 4 is 0 Å². The number of hydrogen-bond donors (Lipinski definition) is 1. The van der Waals surface area contributed by atoms with Gasteiger partial charge in [0, 0.05) is 11.5 Å². The Balaban J connectivity index is 2.24. The molecule has 0 aromatic heterocycles. The molecule has 0 saturated carbocycles. The Hall–Kier alpha value is -1.03. The number of nitrogens with one attached hydrogen (secondary N) is 1. The van der Waals surface area contributed by atoms with Gasteiger partial charge in [-0.15, -0.1) is 0 Å². The summed E-state index contributed by atoms with van der Waals surface area (Å²) in [7, 11) is 0. The zero-order valence-electron chi connectivity index (χ0n) is 9.93. The molecule has 0 spiro atoms. The summed E-state index contributed by atoms with van der Waals surface area (Å²) in [6, 6.07) is 5.54. The highest BCUT2D eigenvalue weighted by Crippen LogP contribution is 2.37. The van der Waals surface area contributed by atoms with E-state index in [9.17, 15) is 13.2 Å². The maximum Gasteiger partial charge on any atom is 0.416 e. The summed E-state index contributed by atoms with van der Waals surface area (Å²) < 4.78 is 37.3. The summed E-state index contributed by atoms with van der Waals surface area (Å²) in [5, 5.41) is 3.37. The number of halogens is 3. The van der Waals surface area contributed by atoms with Gasteiger partial charge in [-0.1, -0.05) is 12.1 Å². The monoisotopic (exact) mass is 243 g/mol. The van der Waals surface area contributed by atoms with Gasteiger partial charge in [0.1, 0.15) is 0 Å². The molecule has 0 amide bonds. The van der Waals surface area contributed by atoms with Crippen LogP contribution in [0.25, 0.3) is 0 Å². The average molecular weight is 243 g/mol. The van der Waals surface area contributed by atoms with Crippen LogP contribution >= 0.6 is 0 Å². The second-order valence-corrected chi connectivity index (χ2v) is 5.11. The van der Waals surface area contributed by atoms with Gasteiger partial charge in [0.25, 0.3) is 0 Å². The first-order valence-electron chi connectivity index (χ1n) is 5.73. The lowest BCUT2D eigenvalue weighted by Gasteiger charge is -2.27. The van der Waals surface area contributed by atoms with Crippen LogP contribution in [-0.4, -0.2) is 12.1 Å². The number of rotatable bonds is 1. The molecule has 4 heteroatoms. The zero-order chi connectivity index (χ0) is 12.7. The van der Waals surface area contributed by atoms with E-state index in [1.165, 1.54) is 12.1 Å². The fraction of sp³-hybridized carbons (Fsp3) is 0.538. The van der Waals surface area contributed by atoms with Crippen molar-refractivity contribution < 1.29 is 13.2 Å². The van der Waals surface area contributed by atoms with E-state index in [0.29, 0.717) is 0 Å². The van der Waals surface area contributed by atoms with Crippen molar-refractivity contribution in [3.05, 3.63) is 35.4 Å². The predicted octanol–water partition coefficient (Wildman–Crippen LogP) is 3.56. The molecule has 1 nitrogen and oxygen atoms in total. The molecular weight excluding hydrogens is 227 g/mol. The lowest BCUT2D eigenvalue weighted by molar-refractivity contribution is -0.137. The molecule has 1 aromatic carbocycles. The lowest BCUT2D eigenvalue weighted by Crippen LogP contribution is -2.36. The van der Waals surface area contributed by atoms with Gasteiger partial charge in [0.05, 0.1) is 5.56 Å². The predicted molar refractivity (Wildman–Crippen MR) is 60.9 cm³/mol. The minimum Gasteiger partial charge on any atom is -0.311 e. The van der Waals surface area contributed by atoms with Crippen molar-refractivity contribution in [2.24, 2.45) is 0 Å². The van der Waals surface area contributed by atoms with Gasteiger partial charge < -0.3 is 5.32 Å². The van der Waals surface area contributed by atoms with E-state index in [-0.39, 0.29) is 11.5 Å². The third-order valence-electron chi connectivity index (χ3n) is 3.53. The normalized spacial score (nSPS) is 23.9.